The summed E-state index contributed by atoms with van der Waals surface area (Å²) in [5.41, 5.74) is 6.46. The normalized spacial score (nSPS) is 11.1. The molecule has 0 aliphatic rings. The van der Waals surface area contributed by atoms with Crippen molar-refractivity contribution in [3.8, 4) is 22.8 Å². The van der Waals surface area contributed by atoms with Crippen LogP contribution in [-0.2, 0) is 11.2 Å². The molecule has 1 amide bonds. The van der Waals surface area contributed by atoms with Gasteiger partial charge in [-0.25, -0.2) is 5.43 Å². The summed E-state index contributed by atoms with van der Waals surface area (Å²) in [5.74, 6) is 1.31. The lowest BCUT2D eigenvalue weighted by Gasteiger charge is -2.11. The zero-order valence-electron chi connectivity index (χ0n) is 20.0. The molecule has 0 saturated heterocycles. The van der Waals surface area contributed by atoms with Crippen LogP contribution in [0.3, 0.4) is 0 Å². The van der Waals surface area contributed by atoms with Gasteiger partial charge >= 0.3 is 0 Å². The van der Waals surface area contributed by atoms with E-state index in [9.17, 15) is 4.79 Å². The molecule has 7 nitrogen and oxygen atoms in total. The van der Waals surface area contributed by atoms with Crippen molar-refractivity contribution < 1.29 is 9.53 Å². The SMILES string of the molecule is CCOc1ccc(-n2c(SCC(=O)N/N=C\c3ccc(CC)cc3)nnc2-c2ccc(Cl)cc2)cc1. The number of nitrogens with zero attached hydrogens (tertiary/aromatic N) is 4. The summed E-state index contributed by atoms with van der Waals surface area (Å²) in [7, 11) is 0. The molecule has 0 atom stereocenters. The third-order valence-electron chi connectivity index (χ3n) is 5.26. The van der Waals surface area contributed by atoms with Gasteiger partial charge in [0.25, 0.3) is 5.91 Å². The van der Waals surface area contributed by atoms with E-state index < -0.39 is 0 Å². The Kier molecular flexibility index (Phi) is 8.76. The molecule has 0 radical (unpaired) electrons. The summed E-state index contributed by atoms with van der Waals surface area (Å²) in [6, 6.07) is 23.1. The Labute approximate surface area is 219 Å². The lowest BCUT2D eigenvalue weighted by molar-refractivity contribution is -0.118. The van der Waals surface area contributed by atoms with Gasteiger partial charge in [-0.15, -0.1) is 10.2 Å². The molecular weight excluding hydrogens is 494 g/mol. The van der Waals surface area contributed by atoms with Gasteiger partial charge in [0.1, 0.15) is 5.75 Å². The highest BCUT2D eigenvalue weighted by atomic mass is 35.5. The molecule has 1 heterocycles. The number of hydrogen-bond acceptors (Lipinski definition) is 6. The highest BCUT2D eigenvalue weighted by molar-refractivity contribution is 7.99. The number of hydrazone groups is 1. The van der Waals surface area contributed by atoms with Crippen molar-refractivity contribution in [3.05, 3.63) is 88.9 Å². The number of carbonyl (C=O) groups is 1. The van der Waals surface area contributed by atoms with Crippen LogP contribution in [-0.4, -0.2) is 39.2 Å². The van der Waals surface area contributed by atoms with Crippen LogP contribution in [0.5, 0.6) is 5.75 Å². The van der Waals surface area contributed by atoms with Crippen LogP contribution in [0.2, 0.25) is 5.02 Å². The maximum Gasteiger partial charge on any atom is 0.250 e. The number of carbonyl (C=O) groups excluding carboxylic acids is 1. The number of halogens is 1. The summed E-state index contributed by atoms with van der Waals surface area (Å²) in [5, 5.41) is 14.1. The van der Waals surface area contributed by atoms with Crippen molar-refractivity contribution in [3.63, 3.8) is 0 Å². The maximum absolute atomic E-state index is 12.5. The number of rotatable bonds is 10. The van der Waals surface area contributed by atoms with Crippen LogP contribution < -0.4 is 10.2 Å². The van der Waals surface area contributed by atoms with Crippen LogP contribution >= 0.6 is 23.4 Å². The first kappa shape index (κ1) is 25.5. The molecule has 0 bridgehead atoms. The summed E-state index contributed by atoms with van der Waals surface area (Å²) >= 11 is 7.35. The molecule has 9 heteroatoms. The van der Waals surface area contributed by atoms with Crippen molar-refractivity contribution in [2.45, 2.75) is 25.4 Å². The minimum absolute atomic E-state index is 0.127. The van der Waals surface area contributed by atoms with Crippen molar-refractivity contribution in [2.75, 3.05) is 12.4 Å². The van der Waals surface area contributed by atoms with E-state index in [0.29, 0.717) is 22.6 Å². The third kappa shape index (κ3) is 6.53. The first-order valence-corrected chi connectivity index (χ1v) is 12.9. The molecule has 4 aromatic rings. The van der Waals surface area contributed by atoms with Gasteiger partial charge in [0.15, 0.2) is 11.0 Å². The second-order valence-corrected chi connectivity index (χ2v) is 9.13. The van der Waals surface area contributed by atoms with Crippen molar-refractivity contribution >= 4 is 35.5 Å². The van der Waals surface area contributed by atoms with Crippen molar-refractivity contribution in [2.24, 2.45) is 5.10 Å². The van der Waals surface area contributed by atoms with Gasteiger partial charge in [-0.05, 0) is 73.0 Å². The molecule has 36 heavy (non-hydrogen) atoms. The molecular formula is C27H26ClN5O2S. The maximum atomic E-state index is 12.5. The Balaban J connectivity index is 1.50. The summed E-state index contributed by atoms with van der Waals surface area (Å²) in [4.78, 5) is 12.5. The molecule has 184 valence electrons. The highest BCUT2D eigenvalue weighted by Crippen LogP contribution is 2.29. The fraction of sp³-hybridized carbons (Fsp3) is 0.185. The van der Waals surface area contributed by atoms with Gasteiger partial charge < -0.3 is 4.74 Å². The summed E-state index contributed by atoms with van der Waals surface area (Å²) in [6.07, 6.45) is 2.61. The summed E-state index contributed by atoms with van der Waals surface area (Å²) in [6.45, 7) is 4.64. The molecule has 0 aliphatic heterocycles. The Morgan fingerprint density at radius 1 is 1.03 bits per heavy atom. The number of hydrogen-bond donors (Lipinski definition) is 1. The molecule has 0 aliphatic carbocycles. The predicted octanol–water partition coefficient (Wildman–Crippen LogP) is 5.79. The molecule has 0 fully saturated rings. The minimum Gasteiger partial charge on any atom is -0.494 e. The van der Waals surface area contributed by atoms with E-state index in [1.807, 2.05) is 84.3 Å². The average molecular weight is 520 g/mol. The summed E-state index contributed by atoms with van der Waals surface area (Å²) < 4.78 is 7.48. The number of thioether (sulfide) groups is 1. The van der Waals surface area contributed by atoms with Crippen molar-refractivity contribution in [1.82, 2.24) is 20.2 Å². The minimum atomic E-state index is -0.240. The third-order valence-corrected chi connectivity index (χ3v) is 6.45. The second-order valence-electron chi connectivity index (χ2n) is 7.75. The van der Waals surface area contributed by atoms with Gasteiger partial charge in [0.05, 0.1) is 18.6 Å². The lowest BCUT2D eigenvalue weighted by Crippen LogP contribution is -2.20. The second kappa shape index (κ2) is 12.4. The zero-order valence-corrected chi connectivity index (χ0v) is 21.6. The molecule has 3 aromatic carbocycles. The standard InChI is InChI=1S/C27H26ClN5O2S/c1-3-19-5-7-20(8-6-19)17-29-30-25(34)18-36-27-32-31-26(21-9-11-22(28)12-10-21)33(27)23-13-15-24(16-14-23)35-4-2/h5-17H,3-4,18H2,1-2H3,(H,30,34)/b29-17-. The van der Waals surface area contributed by atoms with Gasteiger partial charge in [-0.1, -0.05) is 54.6 Å². The monoisotopic (exact) mass is 519 g/mol. The number of benzene rings is 3. The smallest absolute Gasteiger partial charge is 0.250 e. The quantitative estimate of drug-likeness (QED) is 0.163. The predicted molar refractivity (Wildman–Crippen MR) is 145 cm³/mol. The van der Waals surface area contributed by atoms with E-state index >= 15 is 0 Å². The number of amides is 1. The van der Waals surface area contributed by atoms with Crippen LogP contribution in [0.25, 0.3) is 17.1 Å². The van der Waals surface area contributed by atoms with Gasteiger partial charge in [0.2, 0.25) is 0 Å². The van der Waals surface area contributed by atoms with Crippen LogP contribution in [0.1, 0.15) is 25.0 Å². The Morgan fingerprint density at radius 2 is 1.75 bits per heavy atom. The molecule has 4 rings (SSSR count). The fourth-order valence-corrected chi connectivity index (χ4v) is 4.29. The van der Waals surface area contributed by atoms with Gasteiger partial charge in [0, 0.05) is 16.3 Å². The van der Waals surface area contributed by atoms with Crippen molar-refractivity contribution in [1.29, 1.82) is 0 Å². The van der Waals surface area contributed by atoms with E-state index in [1.54, 1.807) is 6.21 Å². The topological polar surface area (TPSA) is 81.4 Å². The highest BCUT2D eigenvalue weighted by Gasteiger charge is 2.17. The lowest BCUT2D eigenvalue weighted by atomic mass is 10.1. The van der Waals surface area contributed by atoms with Crippen LogP contribution in [0, 0.1) is 0 Å². The Bertz CT molecular complexity index is 1320. The molecule has 1 aromatic heterocycles. The Hall–Kier alpha value is -3.62. The van der Waals surface area contributed by atoms with Crippen LogP contribution in [0.15, 0.2) is 83.1 Å². The largest absolute Gasteiger partial charge is 0.494 e. The number of aromatic nitrogens is 3. The first-order valence-electron chi connectivity index (χ1n) is 11.6. The van der Waals surface area contributed by atoms with E-state index in [-0.39, 0.29) is 11.7 Å². The molecule has 0 spiro atoms. The number of nitrogens with one attached hydrogen (secondary N) is 1. The van der Waals surface area contributed by atoms with E-state index in [4.69, 9.17) is 16.3 Å². The van der Waals surface area contributed by atoms with Gasteiger partial charge in [-0.3, -0.25) is 9.36 Å². The first-order chi connectivity index (χ1) is 17.6. The fourth-order valence-electron chi connectivity index (χ4n) is 3.42. The number of aryl methyl sites for hydroxylation is 1. The molecule has 1 N–H and O–H groups in total. The zero-order chi connectivity index (χ0) is 25.3. The van der Waals surface area contributed by atoms with E-state index in [0.717, 1.165) is 29.0 Å². The van der Waals surface area contributed by atoms with Crippen LogP contribution in [0.4, 0.5) is 0 Å². The van der Waals surface area contributed by atoms with E-state index in [2.05, 4.69) is 27.6 Å². The van der Waals surface area contributed by atoms with E-state index in [1.165, 1.54) is 17.3 Å². The Morgan fingerprint density at radius 3 is 2.42 bits per heavy atom. The average Bonchev–Trinajstić information content (AvgIpc) is 3.33. The molecule has 0 saturated carbocycles. The molecule has 0 unspecified atom stereocenters. The van der Waals surface area contributed by atoms with Gasteiger partial charge in [-0.2, -0.15) is 5.10 Å². The number of ether oxygens (including phenoxy) is 1.